The van der Waals surface area contributed by atoms with Crippen LogP contribution in [0.3, 0.4) is 0 Å². The molecule has 0 saturated carbocycles. The van der Waals surface area contributed by atoms with Crippen LogP contribution in [0.15, 0.2) is 85.2 Å². The van der Waals surface area contributed by atoms with Crippen molar-refractivity contribution in [3.8, 4) is 5.75 Å². The van der Waals surface area contributed by atoms with Crippen LogP contribution in [-0.4, -0.2) is 33.9 Å². The molecule has 0 aliphatic heterocycles. The second kappa shape index (κ2) is 25.6. The number of unbranched alkanes of at least 4 members (excludes halogenated alkanes) is 12. The monoisotopic (exact) mass is 640 g/mol. The molecule has 0 radical (unpaired) electrons. The largest absolute Gasteiger partial charge is 0.494 e. The zero-order valence-corrected chi connectivity index (χ0v) is 29.1. The van der Waals surface area contributed by atoms with Crippen LogP contribution in [0.1, 0.15) is 127 Å². The van der Waals surface area contributed by atoms with Crippen LogP contribution in [0.4, 0.5) is 0 Å². The van der Waals surface area contributed by atoms with E-state index >= 15 is 0 Å². The number of hydrogen-bond donors (Lipinski definition) is 1. The first-order chi connectivity index (χ1) is 23.2. The average molecular weight is 641 g/mol. The number of allylic oxidation sites excluding steroid dienone is 2. The summed E-state index contributed by atoms with van der Waals surface area (Å²) in [5, 5.41) is 3.08. The van der Waals surface area contributed by atoms with Gasteiger partial charge in [0.25, 0.3) is 0 Å². The predicted octanol–water partition coefficient (Wildman–Crippen LogP) is 9.99. The standard InChI is InChI=1S/C41H60N4O2/c1-2-3-4-5-6-7-8-9-10-11-12-13-14-15-16-28-41(46)44-31-21-22-32-47-40-27-23-24-37(33-40)34-45(35-38-25-17-19-29-42-38)36-39-26-18-20-30-43-39/h9-10,17-20,23-27,29-30,33H,2-8,11-16,21-22,28,31-32,34-36H2,1H3,(H,44,46)/b10-9-. The zero-order valence-electron chi connectivity index (χ0n) is 29.1. The summed E-state index contributed by atoms with van der Waals surface area (Å²) in [6.45, 7) is 5.88. The molecule has 2 heterocycles. The molecule has 6 nitrogen and oxygen atoms in total. The number of aromatic nitrogens is 2. The molecule has 0 aliphatic rings. The highest BCUT2D eigenvalue weighted by atomic mass is 16.5. The third-order valence-corrected chi connectivity index (χ3v) is 8.36. The molecule has 2 aromatic heterocycles. The third-order valence-electron chi connectivity index (χ3n) is 8.36. The number of pyridine rings is 2. The molecule has 6 heteroatoms. The first kappa shape index (κ1) is 37.9. The number of rotatable bonds is 27. The van der Waals surface area contributed by atoms with Crippen LogP contribution in [0, 0.1) is 0 Å². The van der Waals surface area contributed by atoms with E-state index in [2.05, 4.69) is 69.6 Å². The highest BCUT2D eigenvalue weighted by Gasteiger charge is 2.11. The van der Waals surface area contributed by atoms with Gasteiger partial charge in [0, 0.05) is 45.0 Å². The van der Waals surface area contributed by atoms with E-state index in [9.17, 15) is 4.79 Å². The molecular weight excluding hydrogens is 580 g/mol. The topological polar surface area (TPSA) is 67.3 Å². The molecule has 0 atom stereocenters. The molecule has 0 aliphatic carbocycles. The minimum atomic E-state index is 0.178. The van der Waals surface area contributed by atoms with E-state index in [1.807, 2.05) is 42.7 Å². The maximum Gasteiger partial charge on any atom is 0.219 e. The number of benzene rings is 1. The number of nitrogens with one attached hydrogen (secondary N) is 1. The molecule has 256 valence electrons. The summed E-state index contributed by atoms with van der Waals surface area (Å²) in [7, 11) is 0. The van der Waals surface area contributed by atoms with Gasteiger partial charge in [-0.3, -0.25) is 19.7 Å². The Hall–Kier alpha value is -3.51. The van der Waals surface area contributed by atoms with Gasteiger partial charge in [0.2, 0.25) is 5.91 Å². The van der Waals surface area contributed by atoms with Crippen LogP contribution < -0.4 is 10.1 Å². The van der Waals surface area contributed by atoms with Crippen molar-refractivity contribution in [2.75, 3.05) is 13.2 Å². The van der Waals surface area contributed by atoms with Gasteiger partial charge in [-0.25, -0.2) is 0 Å². The molecule has 1 N–H and O–H groups in total. The third kappa shape index (κ3) is 19.0. The van der Waals surface area contributed by atoms with E-state index in [4.69, 9.17) is 4.74 Å². The molecule has 0 spiro atoms. The highest BCUT2D eigenvalue weighted by Crippen LogP contribution is 2.18. The molecule has 0 bridgehead atoms. The van der Waals surface area contributed by atoms with Gasteiger partial charge in [-0.2, -0.15) is 0 Å². The van der Waals surface area contributed by atoms with Crippen LogP contribution in [-0.2, 0) is 24.4 Å². The molecule has 3 rings (SSSR count). The van der Waals surface area contributed by atoms with Gasteiger partial charge >= 0.3 is 0 Å². The smallest absolute Gasteiger partial charge is 0.219 e. The Kier molecular flexibility index (Phi) is 20.6. The highest BCUT2D eigenvalue weighted by molar-refractivity contribution is 5.75. The average Bonchev–Trinajstić information content (AvgIpc) is 3.09. The first-order valence-electron chi connectivity index (χ1n) is 18.4. The molecule has 1 amide bonds. The number of hydrogen-bond acceptors (Lipinski definition) is 5. The Balaban J connectivity index is 1.20. The van der Waals surface area contributed by atoms with Crippen molar-refractivity contribution in [2.24, 2.45) is 0 Å². The minimum Gasteiger partial charge on any atom is -0.494 e. The number of carbonyl (C=O) groups is 1. The SMILES string of the molecule is CCCCCCCC/C=C\CCCCCCCC(=O)NCCCCOc1cccc(CN(Cc2ccccn2)Cc2ccccn2)c1. The van der Waals surface area contributed by atoms with Crippen LogP contribution >= 0.6 is 0 Å². The fraction of sp³-hybridized carbons (Fsp3) is 0.537. The lowest BCUT2D eigenvalue weighted by Crippen LogP contribution is -2.24. The van der Waals surface area contributed by atoms with Crippen molar-refractivity contribution < 1.29 is 9.53 Å². The maximum absolute atomic E-state index is 12.2. The Morgan fingerprint density at radius 1 is 0.702 bits per heavy atom. The van der Waals surface area contributed by atoms with Crippen LogP contribution in [0.2, 0.25) is 0 Å². The lowest BCUT2D eigenvalue weighted by atomic mass is 10.1. The second-order valence-electron chi connectivity index (χ2n) is 12.7. The Bertz CT molecular complexity index is 1180. The lowest BCUT2D eigenvalue weighted by Gasteiger charge is -2.22. The van der Waals surface area contributed by atoms with Gasteiger partial charge < -0.3 is 10.1 Å². The van der Waals surface area contributed by atoms with Crippen molar-refractivity contribution in [1.82, 2.24) is 20.2 Å². The van der Waals surface area contributed by atoms with Crippen molar-refractivity contribution in [3.63, 3.8) is 0 Å². The van der Waals surface area contributed by atoms with Gasteiger partial charge in [0.1, 0.15) is 5.75 Å². The Labute approximate surface area is 285 Å². The Morgan fingerprint density at radius 3 is 1.98 bits per heavy atom. The van der Waals surface area contributed by atoms with Crippen molar-refractivity contribution in [2.45, 2.75) is 129 Å². The molecular formula is C41H60N4O2. The summed E-state index contributed by atoms with van der Waals surface area (Å²) in [6.07, 6.45) is 27.4. The molecule has 47 heavy (non-hydrogen) atoms. The predicted molar refractivity (Wildman–Crippen MR) is 195 cm³/mol. The zero-order chi connectivity index (χ0) is 33.0. The van der Waals surface area contributed by atoms with E-state index in [0.29, 0.717) is 19.6 Å². The summed E-state index contributed by atoms with van der Waals surface area (Å²) in [6, 6.07) is 20.4. The van der Waals surface area contributed by atoms with E-state index in [1.165, 1.54) is 76.2 Å². The number of carbonyl (C=O) groups excluding carboxylic acids is 1. The summed E-state index contributed by atoms with van der Waals surface area (Å²) >= 11 is 0. The Morgan fingerprint density at radius 2 is 1.34 bits per heavy atom. The van der Waals surface area contributed by atoms with Gasteiger partial charge in [-0.1, -0.05) is 94.7 Å². The van der Waals surface area contributed by atoms with Gasteiger partial charge in [0.05, 0.1) is 18.0 Å². The second-order valence-corrected chi connectivity index (χ2v) is 12.7. The quantitative estimate of drug-likeness (QED) is 0.0664. The lowest BCUT2D eigenvalue weighted by molar-refractivity contribution is -0.121. The summed E-state index contributed by atoms with van der Waals surface area (Å²) in [4.78, 5) is 23.6. The number of nitrogens with zero attached hydrogens (tertiary/aromatic N) is 3. The van der Waals surface area contributed by atoms with Crippen LogP contribution in [0.5, 0.6) is 5.75 Å². The van der Waals surface area contributed by atoms with E-state index in [1.54, 1.807) is 0 Å². The molecule has 1 aromatic carbocycles. The van der Waals surface area contributed by atoms with E-state index in [-0.39, 0.29) is 5.91 Å². The molecule has 3 aromatic rings. The normalized spacial score (nSPS) is 11.4. The molecule has 0 unspecified atom stereocenters. The summed E-state index contributed by atoms with van der Waals surface area (Å²) in [5.41, 5.74) is 3.27. The van der Waals surface area contributed by atoms with E-state index < -0.39 is 0 Å². The number of amides is 1. The first-order valence-corrected chi connectivity index (χ1v) is 18.4. The fourth-order valence-electron chi connectivity index (χ4n) is 5.69. The van der Waals surface area contributed by atoms with Gasteiger partial charge in [-0.05, 0) is 86.9 Å². The summed E-state index contributed by atoms with van der Waals surface area (Å²) < 4.78 is 6.07. The minimum absolute atomic E-state index is 0.178. The van der Waals surface area contributed by atoms with Crippen LogP contribution in [0.25, 0.3) is 0 Å². The maximum atomic E-state index is 12.2. The van der Waals surface area contributed by atoms with Gasteiger partial charge in [0.15, 0.2) is 0 Å². The molecule has 0 saturated heterocycles. The van der Waals surface area contributed by atoms with Gasteiger partial charge in [-0.15, -0.1) is 0 Å². The molecule has 0 fully saturated rings. The van der Waals surface area contributed by atoms with Crippen molar-refractivity contribution in [1.29, 1.82) is 0 Å². The van der Waals surface area contributed by atoms with Crippen molar-refractivity contribution >= 4 is 5.91 Å². The number of ether oxygens (including phenoxy) is 1. The summed E-state index contributed by atoms with van der Waals surface area (Å²) in [5.74, 6) is 1.06. The van der Waals surface area contributed by atoms with E-state index in [0.717, 1.165) is 62.5 Å². The van der Waals surface area contributed by atoms with Crippen molar-refractivity contribution in [3.05, 3.63) is 102 Å². The fourth-order valence-corrected chi connectivity index (χ4v) is 5.69.